The van der Waals surface area contributed by atoms with E-state index in [1.54, 1.807) is 18.5 Å². The molecule has 0 amide bonds. The lowest BCUT2D eigenvalue weighted by Gasteiger charge is -2.01. The van der Waals surface area contributed by atoms with Crippen LogP contribution < -0.4 is 0 Å². The van der Waals surface area contributed by atoms with Crippen LogP contribution in [0.2, 0.25) is 0 Å². The zero-order valence-electron chi connectivity index (χ0n) is 7.81. The van der Waals surface area contributed by atoms with Crippen molar-refractivity contribution in [3.63, 3.8) is 0 Å². The standard InChI is InChI=1S/C11H10N2O/c1-8-2-3-13-11(4-8)9-5-10(14)7-12-6-9/h2-7,14H,1H3. The van der Waals surface area contributed by atoms with Crippen LogP contribution in [0.3, 0.4) is 0 Å². The first-order chi connectivity index (χ1) is 6.75. The molecule has 2 heterocycles. The third-order valence-corrected chi connectivity index (χ3v) is 1.94. The molecule has 0 aromatic carbocycles. The van der Waals surface area contributed by atoms with Crippen molar-refractivity contribution >= 4 is 0 Å². The van der Waals surface area contributed by atoms with Crippen LogP contribution in [0.4, 0.5) is 0 Å². The van der Waals surface area contributed by atoms with Crippen molar-refractivity contribution in [2.75, 3.05) is 0 Å². The Kier molecular flexibility index (Phi) is 2.14. The Bertz CT molecular complexity index is 411. The van der Waals surface area contributed by atoms with E-state index in [0.29, 0.717) is 0 Å². The highest BCUT2D eigenvalue weighted by Crippen LogP contribution is 2.20. The summed E-state index contributed by atoms with van der Waals surface area (Å²) in [5.74, 6) is 0.158. The molecule has 0 radical (unpaired) electrons. The van der Waals surface area contributed by atoms with Crippen LogP contribution in [0.5, 0.6) is 5.75 Å². The van der Waals surface area contributed by atoms with Crippen molar-refractivity contribution in [3.8, 4) is 17.0 Å². The van der Waals surface area contributed by atoms with Gasteiger partial charge in [-0.05, 0) is 30.7 Å². The third-order valence-electron chi connectivity index (χ3n) is 1.94. The van der Waals surface area contributed by atoms with E-state index < -0.39 is 0 Å². The van der Waals surface area contributed by atoms with Crippen LogP contribution >= 0.6 is 0 Å². The summed E-state index contributed by atoms with van der Waals surface area (Å²) in [6, 6.07) is 5.53. The Morgan fingerprint density at radius 1 is 1.21 bits per heavy atom. The minimum Gasteiger partial charge on any atom is -0.506 e. The Morgan fingerprint density at radius 2 is 2.07 bits per heavy atom. The molecule has 0 aliphatic carbocycles. The van der Waals surface area contributed by atoms with Gasteiger partial charge in [0.2, 0.25) is 0 Å². The van der Waals surface area contributed by atoms with Crippen molar-refractivity contribution < 1.29 is 5.11 Å². The maximum atomic E-state index is 9.25. The highest BCUT2D eigenvalue weighted by molar-refractivity contribution is 5.59. The van der Waals surface area contributed by atoms with Gasteiger partial charge in [-0.25, -0.2) is 0 Å². The molecule has 0 bridgehead atoms. The monoisotopic (exact) mass is 186 g/mol. The second-order valence-electron chi connectivity index (χ2n) is 3.15. The van der Waals surface area contributed by atoms with Gasteiger partial charge in [-0.15, -0.1) is 0 Å². The SMILES string of the molecule is Cc1ccnc(-c2cncc(O)c2)c1. The molecular weight excluding hydrogens is 176 g/mol. The Labute approximate surface area is 82.1 Å². The number of nitrogens with zero attached hydrogens (tertiary/aromatic N) is 2. The molecule has 70 valence electrons. The van der Waals surface area contributed by atoms with Gasteiger partial charge in [0.05, 0.1) is 11.9 Å². The summed E-state index contributed by atoms with van der Waals surface area (Å²) in [7, 11) is 0. The number of hydrogen-bond donors (Lipinski definition) is 1. The number of aromatic nitrogens is 2. The second kappa shape index (κ2) is 3.46. The van der Waals surface area contributed by atoms with Gasteiger partial charge in [0.15, 0.2) is 0 Å². The van der Waals surface area contributed by atoms with E-state index in [9.17, 15) is 5.11 Å². The lowest BCUT2D eigenvalue weighted by molar-refractivity contribution is 0.473. The summed E-state index contributed by atoms with van der Waals surface area (Å²) in [6.45, 7) is 2.00. The number of hydrogen-bond acceptors (Lipinski definition) is 3. The zero-order valence-corrected chi connectivity index (χ0v) is 7.81. The van der Waals surface area contributed by atoms with E-state index in [4.69, 9.17) is 0 Å². The van der Waals surface area contributed by atoms with Crippen LogP contribution in [0, 0.1) is 6.92 Å². The second-order valence-corrected chi connectivity index (χ2v) is 3.15. The topological polar surface area (TPSA) is 46.0 Å². The maximum Gasteiger partial charge on any atom is 0.134 e. The first-order valence-corrected chi connectivity index (χ1v) is 4.33. The fourth-order valence-corrected chi connectivity index (χ4v) is 1.26. The summed E-state index contributed by atoms with van der Waals surface area (Å²) in [5, 5.41) is 9.25. The summed E-state index contributed by atoms with van der Waals surface area (Å²) in [4.78, 5) is 8.10. The van der Waals surface area contributed by atoms with Gasteiger partial charge in [0.1, 0.15) is 5.75 Å². The Morgan fingerprint density at radius 3 is 2.79 bits per heavy atom. The molecule has 0 aliphatic heterocycles. The Balaban J connectivity index is 2.49. The van der Waals surface area contributed by atoms with Gasteiger partial charge < -0.3 is 5.11 Å². The van der Waals surface area contributed by atoms with Gasteiger partial charge >= 0.3 is 0 Å². The zero-order chi connectivity index (χ0) is 9.97. The van der Waals surface area contributed by atoms with Crippen molar-refractivity contribution in [1.82, 2.24) is 9.97 Å². The molecule has 14 heavy (non-hydrogen) atoms. The first kappa shape index (κ1) is 8.69. The smallest absolute Gasteiger partial charge is 0.134 e. The first-order valence-electron chi connectivity index (χ1n) is 4.33. The molecule has 1 N–H and O–H groups in total. The maximum absolute atomic E-state index is 9.25. The van der Waals surface area contributed by atoms with Gasteiger partial charge in [-0.1, -0.05) is 0 Å². The highest BCUT2D eigenvalue weighted by Gasteiger charge is 2.00. The van der Waals surface area contributed by atoms with Crippen LogP contribution in [0.15, 0.2) is 36.8 Å². The third kappa shape index (κ3) is 1.71. The van der Waals surface area contributed by atoms with Crippen LogP contribution in [-0.2, 0) is 0 Å². The molecule has 3 heteroatoms. The van der Waals surface area contributed by atoms with Crippen LogP contribution in [0.25, 0.3) is 11.3 Å². The molecular formula is C11H10N2O. The number of pyridine rings is 2. The molecule has 0 spiro atoms. The Hall–Kier alpha value is -1.90. The minimum atomic E-state index is 0.158. The fourth-order valence-electron chi connectivity index (χ4n) is 1.26. The summed E-state index contributed by atoms with van der Waals surface area (Å²) >= 11 is 0. The number of rotatable bonds is 1. The number of aromatic hydroxyl groups is 1. The predicted molar refractivity (Wildman–Crippen MR) is 53.9 cm³/mol. The molecule has 0 atom stereocenters. The molecule has 3 nitrogen and oxygen atoms in total. The summed E-state index contributed by atoms with van der Waals surface area (Å²) in [5.41, 5.74) is 2.79. The quantitative estimate of drug-likeness (QED) is 0.742. The minimum absolute atomic E-state index is 0.158. The van der Waals surface area contributed by atoms with E-state index >= 15 is 0 Å². The van der Waals surface area contributed by atoms with E-state index in [1.165, 1.54) is 6.20 Å². The van der Waals surface area contributed by atoms with Gasteiger partial charge in [0.25, 0.3) is 0 Å². The lowest BCUT2D eigenvalue weighted by atomic mass is 10.1. The molecule has 0 saturated heterocycles. The average molecular weight is 186 g/mol. The molecule has 0 aliphatic rings. The van der Waals surface area contributed by atoms with Crippen molar-refractivity contribution in [3.05, 3.63) is 42.4 Å². The predicted octanol–water partition coefficient (Wildman–Crippen LogP) is 2.16. The summed E-state index contributed by atoms with van der Waals surface area (Å²) < 4.78 is 0. The summed E-state index contributed by atoms with van der Waals surface area (Å²) in [6.07, 6.45) is 4.83. The molecule has 0 unspecified atom stereocenters. The largest absolute Gasteiger partial charge is 0.506 e. The van der Waals surface area contributed by atoms with E-state index in [-0.39, 0.29) is 5.75 Å². The fraction of sp³-hybridized carbons (Fsp3) is 0.0909. The lowest BCUT2D eigenvalue weighted by Crippen LogP contribution is -1.85. The van der Waals surface area contributed by atoms with Crippen molar-refractivity contribution in [1.29, 1.82) is 0 Å². The molecule has 0 fully saturated rings. The van der Waals surface area contributed by atoms with Crippen molar-refractivity contribution in [2.45, 2.75) is 6.92 Å². The normalized spacial score (nSPS) is 10.1. The van der Waals surface area contributed by atoms with E-state index in [1.807, 2.05) is 19.1 Å². The average Bonchev–Trinajstić information content (AvgIpc) is 2.18. The molecule has 2 aromatic rings. The van der Waals surface area contributed by atoms with Crippen molar-refractivity contribution in [2.24, 2.45) is 0 Å². The van der Waals surface area contributed by atoms with Gasteiger partial charge in [-0.2, -0.15) is 0 Å². The molecule has 2 rings (SSSR count). The van der Waals surface area contributed by atoms with Gasteiger partial charge in [0, 0.05) is 18.0 Å². The highest BCUT2D eigenvalue weighted by atomic mass is 16.3. The van der Waals surface area contributed by atoms with Crippen LogP contribution in [0.1, 0.15) is 5.56 Å². The van der Waals surface area contributed by atoms with E-state index in [0.717, 1.165) is 16.8 Å². The number of aryl methyl sites for hydroxylation is 1. The van der Waals surface area contributed by atoms with Crippen LogP contribution in [-0.4, -0.2) is 15.1 Å². The van der Waals surface area contributed by atoms with E-state index in [2.05, 4.69) is 9.97 Å². The molecule has 0 saturated carbocycles. The van der Waals surface area contributed by atoms with Gasteiger partial charge in [-0.3, -0.25) is 9.97 Å². The molecule has 2 aromatic heterocycles.